The molecule has 4 heteroatoms. The van der Waals surface area contributed by atoms with Gasteiger partial charge in [-0.25, -0.2) is 4.98 Å². The van der Waals surface area contributed by atoms with E-state index in [0.717, 1.165) is 12.0 Å². The van der Waals surface area contributed by atoms with Crippen LogP contribution in [0.1, 0.15) is 25.3 Å². The van der Waals surface area contributed by atoms with Gasteiger partial charge in [-0.1, -0.05) is 19.4 Å². The summed E-state index contributed by atoms with van der Waals surface area (Å²) in [4.78, 5) is 15.8. The third kappa shape index (κ3) is 3.62. The number of nitrogens with zero attached hydrogens (tertiary/aromatic N) is 1. The highest BCUT2D eigenvalue weighted by molar-refractivity contribution is 5.90. The molecule has 0 saturated carbocycles. The van der Waals surface area contributed by atoms with Crippen LogP contribution in [0.2, 0.25) is 0 Å². The van der Waals surface area contributed by atoms with Crippen molar-refractivity contribution in [2.75, 3.05) is 11.9 Å². The molecule has 1 aromatic rings. The molecular weight excluding hydrogens is 202 g/mol. The van der Waals surface area contributed by atoms with Gasteiger partial charge in [-0.15, -0.1) is 0 Å². The van der Waals surface area contributed by atoms with Crippen molar-refractivity contribution in [3.63, 3.8) is 0 Å². The van der Waals surface area contributed by atoms with Crippen molar-refractivity contribution in [3.05, 3.63) is 23.9 Å². The van der Waals surface area contributed by atoms with E-state index in [9.17, 15) is 4.79 Å². The zero-order chi connectivity index (χ0) is 12.0. The summed E-state index contributed by atoms with van der Waals surface area (Å²) in [7, 11) is 0. The van der Waals surface area contributed by atoms with Gasteiger partial charge >= 0.3 is 0 Å². The van der Waals surface area contributed by atoms with E-state index < -0.39 is 0 Å². The fourth-order valence-electron chi connectivity index (χ4n) is 1.46. The van der Waals surface area contributed by atoms with Crippen molar-refractivity contribution < 1.29 is 4.79 Å². The number of aromatic nitrogens is 1. The molecule has 0 saturated heterocycles. The molecule has 0 aliphatic heterocycles. The van der Waals surface area contributed by atoms with E-state index in [2.05, 4.69) is 10.3 Å². The number of carbonyl (C=O) groups is 1. The van der Waals surface area contributed by atoms with Crippen molar-refractivity contribution >= 4 is 11.7 Å². The lowest BCUT2D eigenvalue weighted by molar-refractivity contribution is -0.117. The normalized spacial score (nSPS) is 12.2. The average Bonchev–Trinajstić information content (AvgIpc) is 2.29. The number of aryl methyl sites for hydroxylation is 1. The Balaban J connectivity index is 2.55. The van der Waals surface area contributed by atoms with Crippen molar-refractivity contribution in [1.29, 1.82) is 0 Å². The third-order valence-electron chi connectivity index (χ3n) is 2.65. The van der Waals surface area contributed by atoms with Gasteiger partial charge in [-0.2, -0.15) is 0 Å². The molecule has 1 aromatic heterocycles. The van der Waals surface area contributed by atoms with Gasteiger partial charge in [0, 0.05) is 12.6 Å². The predicted molar refractivity (Wildman–Crippen MR) is 65.1 cm³/mol. The maximum atomic E-state index is 11.7. The fourth-order valence-corrected chi connectivity index (χ4v) is 1.46. The first kappa shape index (κ1) is 12.6. The summed E-state index contributed by atoms with van der Waals surface area (Å²) in [5.41, 5.74) is 6.53. The molecule has 0 bridgehead atoms. The van der Waals surface area contributed by atoms with E-state index in [1.54, 1.807) is 6.20 Å². The number of carbonyl (C=O) groups excluding carboxylic acids is 1. The number of pyridine rings is 1. The summed E-state index contributed by atoms with van der Waals surface area (Å²) >= 11 is 0. The molecule has 1 unspecified atom stereocenters. The van der Waals surface area contributed by atoms with Crippen LogP contribution in [-0.2, 0) is 4.79 Å². The molecule has 1 atom stereocenters. The van der Waals surface area contributed by atoms with Gasteiger partial charge in [-0.3, -0.25) is 4.79 Å². The number of hydrogen-bond acceptors (Lipinski definition) is 3. The molecule has 1 heterocycles. The molecule has 0 aliphatic carbocycles. The van der Waals surface area contributed by atoms with Gasteiger partial charge in [0.15, 0.2) is 0 Å². The average molecular weight is 221 g/mol. The second kappa shape index (κ2) is 6.23. The first-order valence-corrected chi connectivity index (χ1v) is 5.58. The lowest BCUT2D eigenvalue weighted by Gasteiger charge is -2.12. The van der Waals surface area contributed by atoms with E-state index in [-0.39, 0.29) is 11.8 Å². The van der Waals surface area contributed by atoms with Gasteiger partial charge in [-0.05, 0) is 31.0 Å². The highest BCUT2D eigenvalue weighted by Crippen LogP contribution is 2.12. The molecule has 16 heavy (non-hydrogen) atoms. The minimum Gasteiger partial charge on any atom is -0.330 e. The van der Waals surface area contributed by atoms with Crippen LogP contribution in [0.5, 0.6) is 0 Å². The Kier molecular flexibility index (Phi) is 4.92. The topological polar surface area (TPSA) is 68.0 Å². The quantitative estimate of drug-likeness (QED) is 0.795. The summed E-state index contributed by atoms with van der Waals surface area (Å²) in [6, 6.07) is 3.77. The second-order valence-electron chi connectivity index (χ2n) is 3.93. The molecule has 0 aromatic carbocycles. The third-order valence-corrected chi connectivity index (χ3v) is 2.65. The number of anilines is 1. The van der Waals surface area contributed by atoms with E-state index in [0.29, 0.717) is 18.8 Å². The smallest absolute Gasteiger partial charge is 0.225 e. The molecular formula is C12H19N3O. The Hall–Kier alpha value is -1.42. The summed E-state index contributed by atoms with van der Waals surface area (Å²) in [6.45, 7) is 4.50. The Bertz CT molecular complexity index is 348. The van der Waals surface area contributed by atoms with Crippen LogP contribution in [-0.4, -0.2) is 17.4 Å². The fraction of sp³-hybridized carbons (Fsp3) is 0.500. The first-order chi connectivity index (χ1) is 7.67. The van der Waals surface area contributed by atoms with E-state index in [4.69, 9.17) is 5.73 Å². The van der Waals surface area contributed by atoms with Crippen LogP contribution in [0.25, 0.3) is 0 Å². The van der Waals surface area contributed by atoms with Gasteiger partial charge in [0.2, 0.25) is 5.91 Å². The molecule has 0 radical (unpaired) electrons. The molecule has 0 aliphatic rings. The van der Waals surface area contributed by atoms with Gasteiger partial charge in [0.05, 0.1) is 0 Å². The highest BCUT2D eigenvalue weighted by Gasteiger charge is 2.11. The number of nitrogens with one attached hydrogen (secondary N) is 1. The van der Waals surface area contributed by atoms with Crippen LogP contribution in [0.15, 0.2) is 18.3 Å². The van der Waals surface area contributed by atoms with Crippen molar-refractivity contribution in [3.8, 4) is 0 Å². The second-order valence-corrected chi connectivity index (χ2v) is 3.93. The van der Waals surface area contributed by atoms with Crippen molar-refractivity contribution in [2.45, 2.75) is 26.7 Å². The molecule has 88 valence electrons. The van der Waals surface area contributed by atoms with Crippen LogP contribution in [0.3, 0.4) is 0 Å². The maximum absolute atomic E-state index is 11.7. The zero-order valence-corrected chi connectivity index (χ0v) is 9.86. The Labute approximate surface area is 96.3 Å². The standard InChI is InChI=1S/C12H19N3O/c1-3-10(8-13)7-11(16)15-12-9(2)5-4-6-14-12/h4-6,10H,3,7-8,13H2,1-2H3,(H,14,15,16). The number of rotatable bonds is 5. The van der Waals surface area contributed by atoms with Gasteiger partial charge in [0.25, 0.3) is 0 Å². The number of hydrogen-bond donors (Lipinski definition) is 2. The number of nitrogens with two attached hydrogens (primary N) is 1. The van der Waals surface area contributed by atoms with E-state index in [1.807, 2.05) is 26.0 Å². The molecule has 0 spiro atoms. The summed E-state index contributed by atoms with van der Waals surface area (Å²) < 4.78 is 0. The molecule has 4 nitrogen and oxygen atoms in total. The summed E-state index contributed by atoms with van der Waals surface area (Å²) in [6.07, 6.45) is 3.05. The van der Waals surface area contributed by atoms with Crippen LogP contribution in [0.4, 0.5) is 5.82 Å². The predicted octanol–water partition coefficient (Wildman–Crippen LogP) is 1.70. The largest absolute Gasteiger partial charge is 0.330 e. The minimum absolute atomic E-state index is 0.0147. The first-order valence-electron chi connectivity index (χ1n) is 5.58. The van der Waals surface area contributed by atoms with E-state index in [1.165, 1.54) is 0 Å². The lowest BCUT2D eigenvalue weighted by atomic mass is 10.0. The molecule has 1 amide bonds. The number of amides is 1. The summed E-state index contributed by atoms with van der Waals surface area (Å²) in [5, 5.41) is 2.80. The Morgan fingerprint density at radius 1 is 1.62 bits per heavy atom. The molecule has 1 rings (SSSR count). The minimum atomic E-state index is -0.0147. The monoisotopic (exact) mass is 221 g/mol. The van der Waals surface area contributed by atoms with Crippen LogP contribution < -0.4 is 11.1 Å². The van der Waals surface area contributed by atoms with Gasteiger partial charge in [0.1, 0.15) is 5.82 Å². The van der Waals surface area contributed by atoms with Crippen molar-refractivity contribution in [2.24, 2.45) is 11.7 Å². The van der Waals surface area contributed by atoms with Gasteiger partial charge < -0.3 is 11.1 Å². The summed E-state index contributed by atoms with van der Waals surface area (Å²) in [5.74, 6) is 0.877. The molecule has 3 N–H and O–H groups in total. The van der Waals surface area contributed by atoms with Crippen molar-refractivity contribution in [1.82, 2.24) is 4.98 Å². The van der Waals surface area contributed by atoms with Crippen LogP contribution >= 0.6 is 0 Å². The van der Waals surface area contributed by atoms with E-state index >= 15 is 0 Å². The molecule has 0 fully saturated rings. The lowest BCUT2D eigenvalue weighted by Crippen LogP contribution is -2.22. The zero-order valence-electron chi connectivity index (χ0n) is 9.86. The Morgan fingerprint density at radius 2 is 2.38 bits per heavy atom. The SMILES string of the molecule is CCC(CN)CC(=O)Nc1ncccc1C. The Morgan fingerprint density at radius 3 is 2.94 bits per heavy atom. The highest BCUT2D eigenvalue weighted by atomic mass is 16.1. The maximum Gasteiger partial charge on any atom is 0.225 e. The van der Waals surface area contributed by atoms with Crippen LogP contribution in [0, 0.1) is 12.8 Å².